The van der Waals surface area contributed by atoms with E-state index in [4.69, 9.17) is 4.74 Å². The molecule has 0 bridgehead atoms. The Morgan fingerprint density at radius 3 is 2.77 bits per heavy atom. The standard InChI is InChI=1S/C16H28N4O2/c1-16(2,3)22-15(21)20-10-5-13(6-11-20)12-17-7-4-14-18-8-9-19-14/h8-9,13,17H,4-7,10-12H2,1-3H3,(H,18,19). The van der Waals surface area contributed by atoms with E-state index in [0.717, 1.165) is 51.3 Å². The van der Waals surface area contributed by atoms with Gasteiger partial charge in [0.2, 0.25) is 0 Å². The molecule has 1 amide bonds. The third kappa shape index (κ3) is 5.67. The van der Waals surface area contributed by atoms with E-state index in [2.05, 4.69) is 15.3 Å². The van der Waals surface area contributed by atoms with E-state index in [1.165, 1.54) is 0 Å². The first-order valence-electron chi connectivity index (χ1n) is 8.11. The molecule has 2 rings (SSSR count). The zero-order valence-electron chi connectivity index (χ0n) is 13.9. The summed E-state index contributed by atoms with van der Waals surface area (Å²) in [7, 11) is 0. The first kappa shape index (κ1) is 16.8. The molecule has 0 aliphatic carbocycles. The molecule has 0 atom stereocenters. The van der Waals surface area contributed by atoms with Crippen molar-refractivity contribution in [1.82, 2.24) is 20.2 Å². The van der Waals surface area contributed by atoms with Gasteiger partial charge in [0.25, 0.3) is 0 Å². The van der Waals surface area contributed by atoms with Gasteiger partial charge in [0.05, 0.1) is 0 Å². The molecule has 0 saturated carbocycles. The molecule has 0 unspecified atom stereocenters. The van der Waals surface area contributed by atoms with Crippen molar-refractivity contribution in [3.63, 3.8) is 0 Å². The molecule has 2 N–H and O–H groups in total. The topological polar surface area (TPSA) is 70.2 Å². The maximum atomic E-state index is 12.0. The van der Waals surface area contributed by atoms with Crippen LogP contribution in [0.5, 0.6) is 0 Å². The summed E-state index contributed by atoms with van der Waals surface area (Å²) in [5.41, 5.74) is -0.415. The molecule has 1 aromatic rings. The predicted octanol–water partition coefficient (Wildman–Crippen LogP) is 2.19. The van der Waals surface area contributed by atoms with Gasteiger partial charge in [0, 0.05) is 38.4 Å². The Balaban J connectivity index is 1.59. The van der Waals surface area contributed by atoms with Gasteiger partial charge in [0.15, 0.2) is 0 Å². The first-order chi connectivity index (χ1) is 10.4. The van der Waals surface area contributed by atoms with Gasteiger partial charge in [0.1, 0.15) is 11.4 Å². The van der Waals surface area contributed by atoms with Crippen molar-refractivity contribution in [3.05, 3.63) is 18.2 Å². The Morgan fingerprint density at radius 1 is 1.45 bits per heavy atom. The number of hydrogen-bond donors (Lipinski definition) is 2. The number of likely N-dealkylation sites (tertiary alicyclic amines) is 1. The van der Waals surface area contributed by atoms with Crippen molar-refractivity contribution >= 4 is 6.09 Å². The average Bonchev–Trinajstić information content (AvgIpc) is 2.95. The monoisotopic (exact) mass is 308 g/mol. The lowest BCUT2D eigenvalue weighted by Gasteiger charge is -2.33. The Kier molecular flexibility index (Phi) is 5.83. The molecule has 6 heteroatoms. The highest BCUT2D eigenvalue weighted by Crippen LogP contribution is 2.19. The van der Waals surface area contributed by atoms with Crippen LogP contribution in [0.15, 0.2) is 12.4 Å². The summed E-state index contributed by atoms with van der Waals surface area (Å²) in [6.45, 7) is 9.23. The normalized spacial score (nSPS) is 16.8. The van der Waals surface area contributed by atoms with Crippen molar-refractivity contribution in [2.45, 2.75) is 45.6 Å². The van der Waals surface area contributed by atoms with Gasteiger partial charge in [-0.1, -0.05) is 0 Å². The summed E-state index contributed by atoms with van der Waals surface area (Å²) in [5.74, 6) is 1.66. The SMILES string of the molecule is CC(C)(C)OC(=O)N1CCC(CNCCc2ncc[nH]2)CC1. The number of nitrogens with zero attached hydrogens (tertiary/aromatic N) is 2. The number of rotatable bonds is 5. The number of carbonyl (C=O) groups excluding carboxylic acids is 1. The number of nitrogens with one attached hydrogen (secondary N) is 2. The van der Waals surface area contributed by atoms with Crippen molar-refractivity contribution in [2.75, 3.05) is 26.2 Å². The van der Waals surface area contributed by atoms with Crippen LogP contribution in [0.25, 0.3) is 0 Å². The molecule has 0 spiro atoms. The second kappa shape index (κ2) is 7.63. The molecule has 1 saturated heterocycles. The predicted molar refractivity (Wildman–Crippen MR) is 85.7 cm³/mol. The lowest BCUT2D eigenvalue weighted by Crippen LogP contribution is -2.43. The van der Waals surface area contributed by atoms with E-state index < -0.39 is 5.60 Å². The third-order valence-electron chi connectivity index (χ3n) is 3.79. The van der Waals surface area contributed by atoms with Gasteiger partial charge >= 0.3 is 6.09 Å². The van der Waals surface area contributed by atoms with Crippen LogP contribution in [0.2, 0.25) is 0 Å². The van der Waals surface area contributed by atoms with Crippen LogP contribution in [0.3, 0.4) is 0 Å². The fourth-order valence-electron chi connectivity index (χ4n) is 2.59. The number of aromatic nitrogens is 2. The molecular weight excluding hydrogens is 280 g/mol. The van der Waals surface area contributed by atoms with E-state index >= 15 is 0 Å². The molecule has 1 aliphatic heterocycles. The van der Waals surface area contributed by atoms with Crippen LogP contribution in [0, 0.1) is 5.92 Å². The quantitative estimate of drug-likeness (QED) is 0.818. The average molecular weight is 308 g/mol. The van der Waals surface area contributed by atoms with Crippen molar-refractivity contribution in [2.24, 2.45) is 5.92 Å². The van der Waals surface area contributed by atoms with Crippen LogP contribution in [0.4, 0.5) is 4.79 Å². The second-order valence-electron chi connectivity index (χ2n) is 6.90. The summed E-state index contributed by atoms with van der Waals surface area (Å²) in [6.07, 6.45) is 6.43. The number of imidazole rings is 1. The molecule has 1 aliphatic rings. The third-order valence-corrected chi connectivity index (χ3v) is 3.79. The minimum atomic E-state index is -0.415. The maximum Gasteiger partial charge on any atom is 0.410 e. The Morgan fingerprint density at radius 2 is 2.18 bits per heavy atom. The molecule has 124 valence electrons. The van der Waals surface area contributed by atoms with E-state index in [9.17, 15) is 4.79 Å². The summed E-state index contributed by atoms with van der Waals surface area (Å²) >= 11 is 0. The van der Waals surface area contributed by atoms with E-state index in [0.29, 0.717) is 5.92 Å². The second-order valence-corrected chi connectivity index (χ2v) is 6.90. The van der Waals surface area contributed by atoms with Crippen molar-refractivity contribution < 1.29 is 9.53 Å². The highest BCUT2D eigenvalue weighted by molar-refractivity contribution is 5.68. The Hall–Kier alpha value is -1.56. The van der Waals surface area contributed by atoms with Gasteiger partial charge in [-0.15, -0.1) is 0 Å². The smallest absolute Gasteiger partial charge is 0.410 e. The Bertz CT molecular complexity index is 445. The molecule has 6 nitrogen and oxygen atoms in total. The molecule has 0 radical (unpaired) electrons. The van der Waals surface area contributed by atoms with Crippen LogP contribution >= 0.6 is 0 Å². The number of H-pyrrole nitrogens is 1. The molecule has 0 aromatic carbocycles. The zero-order chi connectivity index (χ0) is 16.0. The van der Waals surface area contributed by atoms with Crippen LogP contribution in [-0.4, -0.2) is 52.7 Å². The van der Waals surface area contributed by atoms with E-state index in [-0.39, 0.29) is 6.09 Å². The van der Waals surface area contributed by atoms with Gasteiger partial charge in [-0.2, -0.15) is 0 Å². The first-order valence-corrected chi connectivity index (χ1v) is 8.11. The van der Waals surface area contributed by atoms with Crippen LogP contribution < -0.4 is 5.32 Å². The number of piperidine rings is 1. The molecule has 22 heavy (non-hydrogen) atoms. The highest BCUT2D eigenvalue weighted by Gasteiger charge is 2.26. The number of ether oxygens (including phenoxy) is 1. The summed E-state index contributed by atoms with van der Waals surface area (Å²) < 4.78 is 5.41. The van der Waals surface area contributed by atoms with Gasteiger partial charge in [-0.05, 0) is 46.1 Å². The molecule has 1 fully saturated rings. The van der Waals surface area contributed by atoms with Crippen LogP contribution in [-0.2, 0) is 11.2 Å². The zero-order valence-corrected chi connectivity index (χ0v) is 13.9. The number of amides is 1. The highest BCUT2D eigenvalue weighted by atomic mass is 16.6. The molecule has 1 aromatic heterocycles. The molecule has 2 heterocycles. The molecular formula is C16H28N4O2. The minimum Gasteiger partial charge on any atom is -0.444 e. The number of carbonyl (C=O) groups is 1. The summed E-state index contributed by atoms with van der Waals surface area (Å²) in [6, 6.07) is 0. The lowest BCUT2D eigenvalue weighted by atomic mass is 9.97. The largest absolute Gasteiger partial charge is 0.444 e. The van der Waals surface area contributed by atoms with Crippen LogP contribution in [0.1, 0.15) is 39.4 Å². The van der Waals surface area contributed by atoms with Crippen molar-refractivity contribution in [3.8, 4) is 0 Å². The van der Waals surface area contributed by atoms with Gasteiger partial charge in [-0.25, -0.2) is 9.78 Å². The number of aromatic amines is 1. The number of hydrogen-bond acceptors (Lipinski definition) is 4. The fourth-order valence-corrected chi connectivity index (χ4v) is 2.59. The maximum absolute atomic E-state index is 12.0. The summed E-state index contributed by atoms with van der Waals surface area (Å²) in [4.78, 5) is 21.1. The lowest BCUT2D eigenvalue weighted by molar-refractivity contribution is 0.0184. The van der Waals surface area contributed by atoms with Gasteiger partial charge < -0.3 is 19.9 Å². The van der Waals surface area contributed by atoms with Gasteiger partial charge in [-0.3, -0.25) is 0 Å². The minimum absolute atomic E-state index is 0.184. The fraction of sp³-hybridized carbons (Fsp3) is 0.750. The summed E-state index contributed by atoms with van der Waals surface area (Å²) in [5, 5.41) is 3.48. The van der Waals surface area contributed by atoms with E-state index in [1.54, 1.807) is 6.20 Å². The Labute approximate surface area is 132 Å². The van der Waals surface area contributed by atoms with Crippen molar-refractivity contribution in [1.29, 1.82) is 0 Å². The van der Waals surface area contributed by atoms with E-state index in [1.807, 2.05) is 31.9 Å².